The Balaban J connectivity index is 2.11. The van der Waals surface area contributed by atoms with Gasteiger partial charge < -0.3 is 9.47 Å². The molecule has 1 fully saturated rings. The first kappa shape index (κ1) is 10.7. The molecule has 0 aromatic rings. The van der Waals surface area contributed by atoms with Gasteiger partial charge in [0, 0.05) is 6.61 Å². The van der Waals surface area contributed by atoms with Crippen LogP contribution in [0, 0.1) is 0 Å². The Bertz CT molecular complexity index is 113. The second kappa shape index (κ2) is 6.16. The molecule has 1 aliphatic heterocycles. The molecular formula is C9H17IO2. The van der Waals surface area contributed by atoms with Crippen molar-refractivity contribution in [2.24, 2.45) is 0 Å². The van der Waals surface area contributed by atoms with Crippen molar-refractivity contribution in [3.63, 3.8) is 0 Å². The second-order valence-electron chi connectivity index (χ2n) is 3.17. The predicted molar refractivity (Wildman–Crippen MR) is 57.6 cm³/mol. The summed E-state index contributed by atoms with van der Waals surface area (Å²) in [5, 5.41) is 0. The van der Waals surface area contributed by atoms with Gasteiger partial charge in [0.05, 0.1) is 12.7 Å². The van der Waals surface area contributed by atoms with Crippen LogP contribution in [0.1, 0.15) is 32.6 Å². The zero-order chi connectivity index (χ0) is 8.81. The zero-order valence-corrected chi connectivity index (χ0v) is 9.75. The van der Waals surface area contributed by atoms with Crippen LogP contribution in [-0.4, -0.2) is 23.4 Å². The van der Waals surface area contributed by atoms with Crippen molar-refractivity contribution >= 4 is 22.6 Å². The summed E-state index contributed by atoms with van der Waals surface area (Å²) in [7, 11) is 0. The van der Waals surface area contributed by atoms with Crippen molar-refractivity contribution in [3.8, 4) is 0 Å². The number of hydrogen-bond donors (Lipinski definition) is 0. The average Bonchev–Trinajstić information content (AvgIpc) is 2.06. The van der Waals surface area contributed by atoms with Crippen LogP contribution in [0.4, 0.5) is 0 Å². The van der Waals surface area contributed by atoms with E-state index in [1.54, 1.807) is 0 Å². The van der Waals surface area contributed by atoms with Crippen LogP contribution in [-0.2, 0) is 9.47 Å². The number of hydrogen-bond acceptors (Lipinski definition) is 2. The maximum absolute atomic E-state index is 5.79. The van der Waals surface area contributed by atoms with Gasteiger partial charge in [-0.25, -0.2) is 0 Å². The molecule has 0 bridgehead atoms. The first-order valence-electron chi connectivity index (χ1n) is 4.70. The van der Waals surface area contributed by atoms with Gasteiger partial charge in [-0.1, -0.05) is 35.9 Å². The van der Waals surface area contributed by atoms with Gasteiger partial charge in [0.1, 0.15) is 4.11 Å². The number of alkyl halides is 1. The maximum atomic E-state index is 5.79. The summed E-state index contributed by atoms with van der Waals surface area (Å²) in [5.74, 6) is 0. The highest BCUT2D eigenvalue weighted by atomic mass is 127. The molecule has 3 heteroatoms. The molecule has 1 rings (SSSR count). The SMILES string of the molecule is CCCC(I)OC1CCCOC1. The van der Waals surface area contributed by atoms with Gasteiger partial charge >= 0.3 is 0 Å². The molecule has 0 spiro atoms. The summed E-state index contributed by atoms with van der Waals surface area (Å²) >= 11 is 2.37. The van der Waals surface area contributed by atoms with Gasteiger partial charge in [-0.2, -0.15) is 0 Å². The molecule has 2 atom stereocenters. The zero-order valence-electron chi connectivity index (χ0n) is 7.59. The van der Waals surface area contributed by atoms with Crippen LogP contribution in [0.25, 0.3) is 0 Å². The molecule has 0 aliphatic carbocycles. The second-order valence-corrected chi connectivity index (χ2v) is 4.56. The fourth-order valence-electron chi connectivity index (χ4n) is 1.32. The normalized spacial score (nSPS) is 27.0. The van der Waals surface area contributed by atoms with E-state index in [1.807, 2.05) is 0 Å². The summed E-state index contributed by atoms with van der Waals surface area (Å²) in [4.78, 5) is 0. The molecular weight excluding hydrogens is 267 g/mol. The van der Waals surface area contributed by atoms with E-state index in [2.05, 4.69) is 29.5 Å². The van der Waals surface area contributed by atoms with Gasteiger partial charge in [0.2, 0.25) is 0 Å². The summed E-state index contributed by atoms with van der Waals surface area (Å²) in [6, 6.07) is 0. The van der Waals surface area contributed by atoms with E-state index >= 15 is 0 Å². The van der Waals surface area contributed by atoms with E-state index in [0.717, 1.165) is 26.1 Å². The van der Waals surface area contributed by atoms with Crippen LogP contribution in [0.3, 0.4) is 0 Å². The van der Waals surface area contributed by atoms with Crippen molar-refractivity contribution < 1.29 is 9.47 Å². The smallest absolute Gasteiger partial charge is 0.109 e. The minimum atomic E-state index is 0.354. The predicted octanol–water partition coefficient (Wildman–Crippen LogP) is 2.74. The number of ether oxygens (including phenoxy) is 2. The Morgan fingerprint density at radius 2 is 2.50 bits per heavy atom. The summed E-state index contributed by atoms with van der Waals surface area (Å²) in [5.41, 5.74) is 0. The van der Waals surface area contributed by atoms with Gasteiger partial charge in [-0.15, -0.1) is 0 Å². The quantitative estimate of drug-likeness (QED) is 0.584. The lowest BCUT2D eigenvalue weighted by molar-refractivity contribution is -0.0560. The number of rotatable bonds is 4. The molecule has 72 valence electrons. The Labute approximate surface area is 88.1 Å². The standard InChI is InChI=1S/C9H17IO2/c1-2-4-9(10)12-8-5-3-6-11-7-8/h8-9H,2-7H2,1H3. The van der Waals surface area contributed by atoms with E-state index in [0.29, 0.717) is 10.2 Å². The molecule has 12 heavy (non-hydrogen) atoms. The van der Waals surface area contributed by atoms with E-state index in [4.69, 9.17) is 9.47 Å². The van der Waals surface area contributed by atoms with E-state index in [1.165, 1.54) is 12.8 Å². The minimum Gasteiger partial charge on any atom is -0.379 e. The highest BCUT2D eigenvalue weighted by Gasteiger charge is 2.17. The molecule has 2 nitrogen and oxygen atoms in total. The Morgan fingerprint density at radius 1 is 1.67 bits per heavy atom. The summed E-state index contributed by atoms with van der Waals surface area (Å²) in [6.07, 6.45) is 5.02. The van der Waals surface area contributed by atoms with Crippen molar-refractivity contribution in [1.82, 2.24) is 0 Å². The fourth-order valence-corrected chi connectivity index (χ4v) is 2.36. The first-order chi connectivity index (χ1) is 5.83. The van der Waals surface area contributed by atoms with Gasteiger partial charge in [-0.3, -0.25) is 0 Å². The lowest BCUT2D eigenvalue weighted by Crippen LogP contribution is -2.27. The van der Waals surface area contributed by atoms with E-state index in [-0.39, 0.29) is 0 Å². The largest absolute Gasteiger partial charge is 0.379 e. The third kappa shape index (κ3) is 4.05. The van der Waals surface area contributed by atoms with Crippen LogP contribution in [0.15, 0.2) is 0 Å². The summed E-state index contributed by atoms with van der Waals surface area (Å²) in [6.45, 7) is 3.90. The van der Waals surface area contributed by atoms with Crippen LogP contribution < -0.4 is 0 Å². The fraction of sp³-hybridized carbons (Fsp3) is 1.00. The minimum absolute atomic E-state index is 0.354. The Kier molecular flexibility index (Phi) is 5.50. The maximum Gasteiger partial charge on any atom is 0.109 e. The Morgan fingerprint density at radius 3 is 3.08 bits per heavy atom. The van der Waals surface area contributed by atoms with E-state index in [9.17, 15) is 0 Å². The summed E-state index contributed by atoms with van der Waals surface area (Å²) < 4.78 is 11.5. The molecule has 0 aromatic heterocycles. The molecule has 2 unspecified atom stereocenters. The third-order valence-corrected chi connectivity index (χ3v) is 2.89. The molecule has 1 heterocycles. The monoisotopic (exact) mass is 284 g/mol. The van der Waals surface area contributed by atoms with Crippen LogP contribution >= 0.6 is 22.6 Å². The molecule has 1 saturated heterocycles. The Hall–Kier alpha value is 0.650. The molecule has 0 aromatic carbocycles. The topological polar surface area (TPSA) is 18.5 Å². The average molecular weight is 284 g/mol. The van der Waals surface area contributed by atoms with Crippen LogP contribution in [0.2, 0.25) is 0 Å². The molecule has 1 aliphatic rings. The van der Waals surface area contributed by atoms with Gasteiger partial charge in [0.15, 0.2) is 0 Å². The first-order valence-corrected chi connectivity index (χ1v) is 5.94. The van der Waals surface area contributed by atoms with Crippen molar-refractivity contribution in [3.05, 3.63) is 0 Å². The van der Waals surface area contributed by atoms with Gasteiger partial charge in [0.25, 0.3) is 0 Å². The van der Waals surface area contributed by atoms with Crippen LogP contribution in [0.5, 0.6) is 0 Å². The highest BCUT2D eigenvalue weighted by molar-refractivity contribution is 14.1. The number of halogens is 1. The van der Waals surface area contributed by atoms with Crippen molar-refractivity contribution in [2.75, 3.05) is 13.2 Å². The lowest BCUT2D eigenvalue weighted by Gasteiger charge is -2.24. The lowest BCUT2D eigenvalue weighted by atomic mass is 10.2. The van der Waals surface area contributed by atoms with Crippen molar-refractivity contribution in [1.29, 1.82) is 0 Å². The molecule has 0 N–H and O–H groups in total. The molecule has 0 saturated carbocycles. The highest BCUT2D eigenvalue weighted by Crippen LogP contribution is 2.17. The van der Waals surface area contributed by atoms with E-state index < -0.39 is 0 Å². The molecule has 0 amide bonds. The van der Waals surface area contributed by atoms with Crippen molar-refractivity contribution in [2.45, 2.75) is 42.8 Å². The van der Waals surface area contributed by atoms with Gasteiger partial charge in [-0.05, 0) is 19.3 Å². The molecule has 0 radical (unpaired) electrons. The third-order valence-electron chi connectivity index (χ3n) is 1.97.